The SMILES string of the molecule is CCOC(=O)c1cc(-c2ccc(C(F)(F)F)cc2)cc([N+](=O)[O-])c1. The third-order valence-electron chi connectivity index (χ3n) is 3.19. The summed E-state index contributed by atoms with van der Waals surface area (Å²) in [4.78, 5) is 22.1. The van der Waals surface area contributed by atoms with Gasteiger partial charge in [0, 0.05) is 12.1 Å². The number of ether oxygens (including phenoxy) is 1. The van der Waals surface area contributed by atoms with Gasteiger partial charge < -0.3 is 4.74 Å². The fourth-order valence-electron chi connectivity index (χ4n) is 2.07. The van der Waals surface area contributed by atoms with E-state index in [-0.39, 0.29) is 23.4 Å². The molecule has 5 nitrogen and oxygen atoms in total. The van der Waals surface area contributed by atoms with E-state index in [4.69, 9.17) is 4.74 Å². The van der Waals surface area contributed by atoms with Crippen molar-refractivity contribution in [2.24, 2.45) is 0 Å². The van der Waals surface area contributed by atoms with Gasteiger partial charge >= 0.3 is 12.1 Å². The number of alkyl halides is 3. The van der Waals surface area contributed by atoms with Crippen LogP contribution in [-0.4, -0.2) is 17.5 Å². The average molecular weight is 339 g/mol. The molecule has 2 rings (SSSR count). The summed E-state index contributed by atoms with van der Waals surface area (Å²) in [6.07, 6.45) is -4.47. The Hall–Kier alpha value is -2.90. The van der Waals surface area contributed by atoms with Gasteiger partial charge in [0.05, 0.1) is 22.7 Å². The van der Waals surface area contributed by atoms with Gasteiger partial charge in [-0.3, -0.25) is 10.1 Å². The molecule has 0 heterocycles. The van der Waals surface area contributed by atoms with Crippen molar-refractivity contribution in [3.05, 3.63) is 63.7 Å². The van der Waals surface area contributed by atoms with Gasteiger partial charge in [-0.05, 0) is 36.2 Å². The van der Waals surface area contributed by atoms with Gasteiger partial charge in [0.1, 0.15) is 0 Å². The lowest BCUT2D eigenvalue weighted by atomic mass is 10.0. The van der Waals surface area contributed by atoms with Crippen LogP contribution < -0.4 is 0 Å². The van der Waals surface area contributed by atoms with Crippen LogP contribution in [0.1, 0.15) is 22.8 Å². The summed E-state index contributed by atoms with van der Waals surface area (Å²) in [6.45, 7) is 1.68. The van der Waals surface area contributed by atoms with Crippen LogP contribution in [0.2, 0.25) is 0 Å². The molecule has 0 atom stereocenters. The lowest BCUT2D eigenvalue weighted by molar-refractivity contribution is -0.384. The molecule has 126 valence electrons. The molecule has 0 N–H and O–H groups in total. The summed E-state index contributed by atoms with van der Waals surface area (Å²) >= 11 is 0. The quantitative estimate of drug-likeness (QED) is 0.468. The van der Waals surface area contributed by atoms with Crippen molar-refractivity contribution >= 4 is 11.7 Å². The molecule has 0 fully saturated rings. The van der Waals surface area contributed by atoms with E-state index in [1.165, 1.54) is 24.3 Å². The molecule has 0 unspecified atom stereocenters. The van der Waals surface area contributed by atoms with Crippen LogP contribution in [-0.2, 0) is 10.9 Å². The number of nitrogens with zero attached hydrogens (tertiary/aromatic N) is 1. The summed E-state index contributed by atoms with van der Waals surface area (Å²) in [5.74, 6) is -0.741. The Kier molecular flexibility index (Phi) is 4.87. The molecule has 8 heteroatoms. The topological polar surface area (TPSA) is 69.4 Å². The Morgan fingerprint density at radius 1 is 1.12 bits per heavy atom. The second-order valence-corrected chi connectivity index (χ2v) is 4.82. The molecule has 0 saturated carbocycles. The van der Waals surface area contributed by atoms with Gasteiger partial charge in [-0.25, -0.2) is 4.79 Å². The molecule has 0 aromatic heterocycles. The van der Waals surface area contributed by atoms with E-state index in [1.807, 2.05) is 0 Å². The third-order valence-corrected chi connectivity index (χ3v) is 3.19. The van der Waals surface area contributed by atoms with Gasteiger partial charge in [-0.15, -0.1) is 0 Å². The second kappa shape index (κ2) is 6.69. The fourth-order valence-corrected chi connectivity index (χ4v) is 2.07. The van der Waals surface area contributed by atoms with Crippen LogP contribution in [0.15, 0.2) is 42.5 Å². The molecule has 0 aliphatic rings. The lowest BCUT2D eigenvalue weighted by Crippen LogP contribution is -2.06. The monoisotopic (exact) mass is 339 g/mol. The molecule has 2 aromatic carbocycles. The first-order valence-electron chi connectivity index (χ1n) is 6.86. The van der Waals surface area contributed by atoms with Crippen LogP contribution >= 0.6 is 0 Å². The van der Waals surface area contributed by atoms with Crippen molar-refractivity contribution in [2.75, 3.05) is 6.61 Å². The summed E-state index contributed by atoms with van der Waals surface area (Å²) in [5.41, 5.74) is -0.656. The number of halogens is 3. The summed E-state index contributed by atoms with van der Waals surface area (Å²) < 4.78 is 42.6. The highest BCUT2D eigenvalue weighted by atomic mass is 19.4. The number of carbonyl (C=O) groups excluding carboxylic acids is 1. The normalized spacial score (nSPS) is 11.2. The van der Waals surface area contributed by atoms with E-state index in [9.17, 15) is 28.1 Å². The number of hydrogen-bond acceptors (Lipinski definition) is 4. The molecule has 0 radical (unpaired) electrons. The van der Waals surface area contributed by atoms with E-state index in [2.05, 4.69) is 0 Å². The highest BCUT2D eigenvalue weighted by Crippen LogP contribution is 2.32. The minimum atomic E-state index is -4.47. The summed E-state index contributed by atoms with van der Waals surface area (Å²) in [5, 5.41) is 11.0. The van der Waals surface area contributed by atoms with Crippen LogP contribution in [0.5, 0.6) is 0 Å². The minimum absolute atomic E-state index is 0.0408. The maximum atomic E-state index is 12.6. The molecular weight excluding hydrogens is 327 g/mol. The Morgan fingerprint density at radius 3 is 2.25 bits per heavy atom. The third kappa shape index (κ3) is 3.89. The van der Waals surface area contributed by atoms with Crippen LogP contribution in [0, 0.1) is 10.1 Å². The molecule has 0 amide bonds. The van der Waals surface area contributed by atoms with Gasteiger partial charge in [0.2, 0.25) is 0 Å². The molecule has 0 aliphatic carbocycles. The number of carbonyl (C=O) groups is 1. The highest BCUT2D eigenvalue weighted by Gasteiger charge is 2.30. The van der Waals surface area contributed by atoms with E-state index >= 15 is 0 Å². The van der Waals surface area contributed by atoms with Gasteiger partial charge in [-0.1, -0.05) is 12.1 Å². The number of non-ortho nitro benzene ring substituents is 1. The fraction of sp³-hybridized carbons (Fsp3) is 0.188. The smallest absolute Gasteiger partial charge is 0.416 e. The number of benzene rings is 2. The molecule has 2 aromatic rings. The predicted molar refractivity (Wildman–Crippen MR) is 79.5 cm³/mol. The van der Waals surface area contributed by atoms with Crippen molar-refractivity contribution in [1.82, 2.24) is 0 Å². The van der Waals surface area contributed by atoms with Crippen LogP contribution in [0.4, 0.5) is 18.9 Å². The second-order valence-electron chi connectivity index (χ2n) is 4.82. The molecular formula is C16H12F3NO4. The number of esters is 1. The van der Waals surface area contributed by atoms with Crippen molar-refractivity contribution in [1.29, 1.82) is 0 Å². The number of nitro groups is 1. The Morgan fingerprint density at radius 2 is 1.75 bits per heavy atom. The summed E-state index contributed by atoms with van der Waals surface area (Å²) in [7, 11) is 0. The van der Waals surface area contributed by atoms with E-state index in [1.54, 1.807) is 6.92 Å². The summed E-state index contributed by atoms with van der Waals surface area (Å²) in [6, 6.07) is 7.72. The van der Waals surface area contributed by atoms with Crippen molar-refractivity contribution in [2.45, 2.75) is 13.1 Å². The van der Waals surface area contributed by atoms with Crippen LogP contribution in [0.3, 0.4) is 0 Å². The lowest BCUT2D eigenvalue weighted by Gasteiger charge is -2.09. The molecule has 0 aliphatic heterocycles. The maximum Gasteiger partial charge on any atom is 0.416 e. The average Bonchev–Trinajstić information content (AvgIpc) is 2.54. The van der Waals surface area contributed by atoms with E-state index in [0.29, 0.717) is 5.56 Å². The zero-order valence-electron chi connectivity index (χ0n) is 12.5. The number of nitro benzene ring substituents is 1. The van der Waals surface area contributed by atoms with Crippen molar-refractivity contribution in [3.63, 3.8) is 0 Å². The first kappa shape index (κ1) is 17.5. The molecule has 0 bridgehead atoms. The molecule has 24 heavy (non-hydrogen) atoms. The van der Waals surface area contributed by atoms with E-state index in [0.717, 1.165) is 18.2 Å². The predicted octanol–water partition coefficient (Wildman–Crippen LogP) is 4.46. The Balaban J connectivity index is 2.49. The molecule has 0 spiro atoms. The van der Waals surface area contributed by atoms with Gasteiger partial charge in [0.15, 0.2) is 0 Å². The highest BCUT2D eigenvalue weighted by molar-refractivity contribution is 5.92. The zero-order chi connectivity index (χ0) is 17.9. The first-order valence-corrected chi connectivity index (χ1v) is 6.86. The van der Waals surface area contributed by atoms with Crippen molar-refractivity contribution < 1.29 is 27.6 Å². The number of hydrogen-bond donors (Lipinski definition) is 0. The maximum absolute atomic E-state index is 12.6. The minimum Gasteiger partial charge on any atom is -0.462 e. The molecule has 0 saturated heterocycles. The van der Waals surface area contributed by atoms with E-state index < -0.39 is 22.6 Å². The number of rotatable bonds is 4. The Bertz CT molecular complexity index is 770. The largest absolute Gasteiger partial charge is 0.462 e. The van der Waals surface area contributed by atoms with Crippen molar-refractivity contribution in [3.8, 4) is 11.1 Å². The van der Waals surface area contributed by atoms with Gasteiger partial charge in [-0.2, -0.15) is 13.2 Å². The zero-order valence-corrected chi connectivity index (χ0v) is 12.5. The standard InChI is InChI=1S/C16H12F3NO4/c1-2-24-15(21)12-7-11(8-14(9-12)20(22)23)10-3-5-13(6-4-10)16(17,18)19/h3-9H,2H2,1H3. The van der Waals surface area contributed by atoms with Gasteiger partial charge in [0.25, 0.3) is 5.69 Å². The Labute approximate surface area is 134 Å². The first-order chi connectivity index (χ1) is 11.2. The van der Waals surface area contributed by atoms with Crippen LogP contribution in [0.25, 0.3) is 11.1 Å².